The molecule has 0 bridgehead atoms. The van der Waals surface area contributed by atoms with E-state index in [0.29, 0.717) is 17.9 Å². The van der Waals surface area contributed by atoms with E-state index in [4.69, 9.17) is 4.74 Å². The van der Waals surface area contributed by atoms with Crippen molar-refractivity contribution in [3.8, 4) is 5.75 Å². The summed E-state index contributed by atoms with van der Waals surface area (Å²) >= 11 is 0. The van der Waals surface area contributed by atoms with Gasteiger partial charge >= 0.3 is 0 Å². The molecule has 0 unspecified atom stereocenters. The zero-order valence-corrected chi connectivity index (χ0v) is 9.18. The Labute approximate surface area is 84.9 Å². The predicted octanol–water partition coefficient (Wildman–Crippen LogP) is 2.90. The van der Waals surface area contributed by atoms with Crippen molar-refractivity contribution >= 4 is 5.78 Å². The first kappa shape index (κ1) is 10.8. The van der Waals surface area contributed by atoms with Crippen LogP contribution in [0.1, 0.15) is 35.3 Å². The van der Waals surface area contributed by atoms with Gasteiger partial charge in [-0.2, -0.15) is 0 Å². The maximum absolute atomic E-state index is 11.4. The van der Waals surface area contributed by atoms with Crippen molar-refractivity contribution < 1.29 is 9.53 Å². The molecular weight excluding hydrogens is 176 g/mol. The first-order chi connectivity index (χ1) is 6.57. The highest BCUT2D eigenvalue weighted by atomic mass is 16.5. The Morgan fingerprint density at radius 3 is 2.50 bits per heavy atom. The van der Waals surface area contributed by atoms with Gasteiger partial charge in [0.05, 0.1) is 12.2 Å². The third-order valence-electron chi connectivity index (χ3n) is 2.35. The lowest BCUT2D eigenvalue weighted by molar-refractivity contribution is 0.101. The summed E-state index contributed by atoms with van der Waals surface area (Å²) in [5, 5.41) is 0. The first-order valence-electron chi connectivity index (χ1n) is 4.81. The maximum atomic E-state index is 11.4. The molecule has 0 saturated carbocycles. The lowest BCUT2D eigenvalue weighted by Gasteiger charge is -2.12. The molecule has 76 valence electrons. The smallest absolute Gasteiger partial charge is 0.163 e. The van der Waals surface area contributed by atoms with Gasteiger partial charge in [-0.25, -0.2) is 0 Å². The Balaban J connectivity index is 3.30. The summed E-state index contributed by atoms with van der Waals surface area (Å²) < 4.78 is 5.41. The van der Waals surface area contributed by atoms with Crippen molar-refractivity contribution in [3.63, 3.8) is 0 Å². The highest BCUT2D eigenvalue weighted by Crippen LogP contribution is 2.25. The van der Waals surface area contributed by atoms with Crippen LogP contribution in [-0.4, -0.2) is 12.4 Å². The van der Waals surface area contributed by atoms with Crippen LogP contribution in [0.3, 0.4) is 0 Å². The molecule has 0 aliphatic carbocycles. The minimum Gasteiger partial charge on any atom is -0.493 e. The molecule has 1 aromatic rings. The third-order valence-corrected chi connectivity index (χ3v) is 2.35. The Morgan fingerprint density at radius 1 is 1.36 bits per heavy atom. The van der Waals surface area contributed by atoms with Crippen LogP contribution in [0, 0.1) is 13.8 Å². The average Bonchev–Trinajstić information content (AvgIpc) is 2.11. The molecule has 0 amide bonds. The fourth-order valence-electron chi connectivity index (χ4n) is 1.50. The van der Waals surface area contributed by atoms with Crippen LogP contribution in [0.2, 0.25) is 0 Å². The Morgan fingerprint density at radius 2 is 2.00 bits per heavy atom. The second kappa shape index (κ2) is 4.27. The summed E-state index contributed by atoms with van der Waals surface area (Å²) in [5.41, 5.74) is 2.86. The van der Waals surface area contributed by atoms with Gasteiger partial charge < -0.3 is 4.74 Å². The van der Waals surface area contributed by atoms with Crippen molar-refractivity contribution in [3.05, 3.63) is 28.8 Å². The monoisotopic (exact) mass is 192 g/mol. The van der Waals surface area contributed by atoms with Crippen molar-refractivity contribution in [1.29, 1.82) is 0 Å². The standard InChI is InChI=1S/C12H16O2/c1-5-14-11-7-6-8(2)9(3)12(11)10(4)13/h6-7H,5H2,1-4H3. The van der Waals surface area contributed by atoms with Crippen LogP contribution >= 0.6 is 0 Å². The van der Waals surface area contributed by atoms with Gasteiger partial charge in [0.15, 0.2) is 5.78 Å². The number of Topliss-reactive ketones (excluding diaryl/α,β-unsaturated/α-hetero) is 1. The molecular formula is C12H16O2. The summed E-state index contributed by atoms with van der Waals surface area (Å²) in [7, 11) is 0. The zero-order chi connectivity index (χ0) is 10.7. The van der Waals surface area contributed by atoms with Gasteiger partial charge in [0.2, 0.25) is 0 Å². The van der Waals surface area contributed by atoms with E-state index in [1.54, 1.807) is 6.92 Å². The molecule has 0 aliphatic rings. The Bertz CT molecular complexity index is 354. The maximum Gasteiger partial charge on any atom is 0.163 e. The number of carbonyl (C=O) groups excluding carboxylic acids is 1. The van der Waals surface area contributed by atoms with Crippen LogP contribution in [0.5, 0.6) is 5.75 Å². The molecule has 0 aromatic heterocycles. The van der Waals surface area contributed by atoms with Crippen LogP contribution in [0.4, 0.5) is 0 Å². The van der Waals surface area contributed by atoms with Crippen LogP contribution in [0.15, 0.2) is 12.1 Å². The molecule has 0 saturated heterocycles. The molecule has 2 heteroatoms. The molecule has 0 fully saturated rings. The largest absolute Gasteiger partial charge is 0.493 e. The predicted molar refractivity (Wildman–Crippen MR) is 57.1 cm³/mol. The SMILES string of the molecule is CCOc1ccc(C)c(C)c1C(C)=O. The number of aryl methyl sites for hydroxylation is 1. The molecule has 0 heterocycles. The average molecular weight is 192 g/mol. The van der Waals surface area contributed by atoms with E-state index in [9.17, 15) is 4.79 Å². The minimum atomic E-state index is 0.0645. The number of rotatable bonds is 3. The summed E-state index contributed by atoms with van der Waals surface area (Å²) in [6.07, 6.45) is 0. The van der Waals surface area contributed by atoms with E-state index in [0.717, 1.165) is 11.1 Å². The van der Waals surface area contributed by atoms with Crippen molar-refractivity contribution in [2.45, 2.75) is 27.7 Å². The second-order valence-electron chi connectivity index (χ2n) is 3.37. The fourth-order valence-corrected chi connectivity index (χ4v) is 1.50. The number of ketones is 1. The van der Waals surface area contributed by atoms with Gasteiger partial charge in [0.1, 0.15) is 5.75 Å². The summed E-state index contributed by atoms with van der Waals surface area (Å²) in [6.45, 7) is 8.03. The van der Waals surface area contributed by atoms with Gasteiger partial charge in [-0.1, -0.05) is 6.07 Å². The van der Waals surface area contributed by atoms with E-state index >= 15 is 0 Å². The van der Waals surface area contributed by atoms with E-state index in [-0.39, 0.29) is 5.78 Å². The van der Waals surface area contributed by atoms with E-state index in [1.807, 2.05) is 32.9 Å². The van der Waals surface area contributed by atoms with E-state index in [1.165, 1.54) is 0 Å². The lowest BCUT2D eigenvalue weighted by Crippen LogP contribution is -2.04. The third kappa shape index (κ3) is 1.95. The molecule has 0 atom stereocenters. The summed E-state index contributed by atoms with van der Waals surface area (Å²) in [6, 6.07) is 3.84. The van der Waals surface area contributed by atoms with Gasteiger partial charge in [-0.15, -0.1) is 0 Å². The molecule has 0 N–H and O–H groups in total. The number of benzene rings is 1. The highest BCUT2D eigenvalue weighted by molar-refractivity contribution is 5.98. The molecule has 1 aromatic carbocycles. The topological polar surface area (TPSA) is 26.3 Å². The normalized spacial score (nSPS) is 10.0. The molecule has 2 nitrogen and oxygen atoms in total. The van der Waals surface area contributed by atoms with Gasteiger partial charge in [-0.05, 0) is 44.9 Å². The zero-order valence-electron chi connectivity index (χ0n) is 9.18. The molecule has 0 aliphatic heterocycles. The summed E-state index contributed by atoms with van der Waals surface area (Å²) in [4.78, 5) is 11.4. The summed E-state index contributed by atoms with van der Waals surface area (Å²) in [5.74, 6) is 0.762. The Hall–Kier alpha value is -1.31. The number of hydrogen-bond donors (Lipinski definition) is 0. The highest BCUT2D eigenvalue weighted by Gasteiger charge is 2.12. The molecule has 0 spiro atoms. The number of carbonyl (C=O) groups is 1. The number of hydrogen-bond acceptors (Lipinski definition) is 2. The lowest BCUT2D eigenvalue weighted by atomic mass is 10.00. The van der Waals surface area contributed by atoms with Gasteiger partial charge in [0.25, 0.3) is 0 Å². The van der Waals surface area contributed by atoms with Crippen molar-refractivity contribution in [1.82, 2.24) is 0 Å². The molecule has 0 radical (unpaired) electrons. The first-order valence-corrected chi connectivity index (χ1v) is 4.81. The quantitative estimate of drug-likeness (QED) is 0.688. The van der Waals surface area contributed by atoms with E-state index < -0.39 is 0 Å². The van der Waals surface area contributed by atoms with E-state index in [2.05, 4.69) is 0 Å². The second-order valence-corrected chi connectivity index (χ2v) is 3.37. The molecule has 14 heavy (non-hydrogen) atoms. The van der Waals surface area contributed by atoms with Crippen molar-refractivity contribution in [2.24, 2.45) is 0 Å². The van der Waals surface area contributed by atoms with Crippen molar-refractivity contribution in [2.75, 3.05) is 6.61 Å². The molecule has 1 rings (SSSR count). The fraction of sp³-hybridized carbons (Fsp3) is 0.417. The Kier molecular flexibility index (Phi) is 3.28. The van der Waals surface area contributed by atoms with Gasteiger partial charge in [0, 0.05) is 0 Å². The minimum absolute atomic E-state index is 0.0645. The number of ether oxygens (including phenoxy) is 1. The van der Waals surface area contributed by atoms with Gasteiger partial charge in [-0.3, -0.25) is 4.79 Å². The van der Waals surface area contributed by atoms with Crippen LogP contribution in [0.25, 0.3) is 0 Å². The van der Waals surface area contributed by atoms with Crippen LogP contribution < -0.4 is 4.74 Å². The van der Waals surface area contributed by atoms with Crippen LogP contribution in [-0.2, 0) is 0 Å².